The molecule has 0 N–H and O–H groups in total. The molecular weight excluding hydrogens is 762 g/mol. The SMILES string of the molecule is COB1n2c3ccc2C(c2c(F)c(F)c(F)c(F)c2F)=c2ccc(n21)=C(c1c(F)c(F)c(F)c(F)c1F)C1=NC(=C3c2c(F)c(F)c(F)c(F)c2F)C=C1. The van der Waals surface area contributed by atoms with Gasteiger partial charge in [0.1, 0.15) is 0 Å². The van der Waals surface area contributed by atoms with Gasteiger partial charge in [-0.3, -0.25) is 0 Å². The average molecular weight is 771 g/mol. The standard InChI is InChI=1S/C34H9BF15N3O/c1-54-35-52-10-4-6-12(52)16(19-24(40)30(46)34(50)31(47)25(19)41)13-7-5-11(53(13)35)15(18-22(38)28(44)33(49)29(45)23(18)39)9-3-2-8(51-9)14(10)17-20(36)26(42)32(48)27(43)21(17)37/h2-7H,1H3. The van der Waals surface area contributed by atoms with Gasteiger partial charge in [0, 0.05) is 45.9 Å². The van der Waals surface area contributed by atoms with E-state index in [0.717, 1.165) is 52.5 Å². The number of benzene rings is 3. The molecule has 0 amide bonds. The zero-order valence-electron chi connectivity index (χ0n) is 26.0. The van der Waals surface area contributed by atoms with Crippen molar-refractivity contribution >= 4 is 29.6 Å². The first-order valence-electron chi connectivity index (χ1n) is 14.8. The number of allylic oxidation sites excluding steroid dienone is 2. The first kappa shape index (κ1) is 35.1. The number of fused-ring (bicyclic) bond motifs is 1. The second-order valence-electron chi connectivity index (χ2n) is 11.7. The lowest BCUT2D eigenvalue weighted by molar-refractivity contribution is 0.375. The Morgan fingerprint density at radius 3 is 1.20 bits per heavy atom. The van der Waals surface area contributed by atoms with Crippen molar-refractivity contribution in [1.29, 1.82) is 0 Å². The minimum atomic E-state index is -2.59. The molecule has 0 fully saturated rings. The molecule has 2 aromatic heterocycles. The van der Waals surface area contributed by atoms with Gasteiger partial charge in [-0.2, -0.15) is 0 Å². The smallest absolute Gasteiger partial charge is 0.400 e. The maximum absolute atomic E-state index is 15.6. The average Bonchev–Trinajstić information content (AvgIpc) is 3.93. The molecule has 0 unspecified atom stereocenters. The van der Waals surface area contributed by atoms with E-state index in [1.54, 1.807) is 0 Å². The monoisotopic (exact) mass is 771 g/mol. The van der Waals surface area contributed by atoms with Gasteiger partial charge < -0.3 is 13.6 Å². The van der Waals surface area contributed by atoms with Crippen LogP contribution in [-0.2, 0) is 4.65 Å². The Bertz CT molecular complexity index is 2750. The molecule has 0 aliphatic carbocycles. The Hall–Kier alpha value is -5.92. The van der Waals surface area contributed by atoms with E-state index in [2.05, 4.69) is 4.99 Å². The molecule has 8 rings (SSSR count). The molecule has 3 aromatic carbocycles. The van der Waals surface area contributed by atoms with Gasteiger partial charge in [-0.15, -0.1) is 0 Å². The third-order valence-electron chi connectivity index (χ3n) is 9.05. The van der Waals surface area contributed by atoms with E-state index in [0.29, 0.717) is 0 Å². The first-order chi connectivity index (χ1) is 25.5. The fourth-order valence-electron chi connectivity index (χ4n) is 6.79. The Morgan fingerprint density at radius 1 is 0.426 bits per heavy atom. The summed E-state index contributed by atoms with van der Waals surface area (Å²) >= 11 is 0. The van der Waals surface area contributed by atoms with Crippen LogP contribution in [0.3, 0.4) is 0 Å². The van der Waals surface area contributed by atoms with Gasteiger partial charge in [0.05, 0.1) is 28.1 Å². The van der Waals surface area contributed by atoms with E-state index in [9.17, 15) is 39.5 Å². The van der Waals surface area contributed by atoms with Crippen LogP contribution in [0.2, 0.25) is 0 Å². The summed E-state index contributed by atoms with van der Waals surface area (Å²) in [7, 11) is -1.03. The Kier molecular flexibility index (Phi) is 7.67. The van der Waals surface area contributed by atoms with Crippen molar-refractivity contribution in [1.82, 2.24) is 8.96 Å². The summed E-state index contributed by atoms with van der Waals surface area (Å²) in [5.74, 6) is -37.2. The maximum Gasteiger partial charge on any atom is 0.557 e. The molecule has 5 heterocycles. The van der Waals surface area contributed by atoms with Crippen LogP contribution in [0, 0.1) is 87.3 Å². The van der Waals surface area contributed by atoms with Crippen LogP contribution in [0.5, 0.6) is 0 Å². The van der Waals surface area contributed by atoms with E-state index < -0.39 is 161 Å². The number of hydrogen-bond acceptors (Lipinski definition) is 2. The van der Waals surface area contributed by atoms with E-state index in [1.807, 2.05) is 0 Å². The number of rotatable bonds is 4. The zero-order chi connectivity index (χ0) is 39.0. The predicted molar refractivity (Wildman–Crippen MR) is 157 cm³/mol. The van der Waals surface area contributed by atoms with Gasteiger partial charge in [0.2, 0.25) is 17.5 Å². The lowest BCUT2D eigenvalue weighted by atomic mass is 9.88. The fraction of sp³-hybridized carbons (Fsp3) is 0.0294. The molecule has 0 saturated heterocycles. The third-order valence-corrected chi connectivity index (χ3v) is 9.05. The third kappa shape index (κ3) is 4.33. The Balaban J connectivity index is 1.68. The van der Waals surface area contributed by atoms with Crippen LogP contribution in [-0.4, -0.2) is 29.0 Å². The maximum atomic E-state index is 15.6. The summed E-state index contributed by atoms with van der Waals surface area (Å²) in [6, 6.07) is 3.57. The van der Waals surface area contributed by atoms with Gasteiger partial charge in [0.15, 0.2) is 69.8 Å². The zero-order valence-corrected chi connectivity index (χ0v) is 26.0. The molecule has 4 bridgehead atoms. The molecule has 5 aromatic rings. The lowest BCUT2D eigenvalue weighted by Gasteiger charge is -2.29. The van der Waals surface area contributed by atoms with Gasteiger partial charge >= 0.3 is 7.19 Å². The van der Waals surface area contributed by atoms with Crippen molar-refractivity contribution in [3.05, 3.63) is 168 Å². The molecule has 0 spiro atoms. The molecule has 54 heavy (non-hydrogen) atoms. The number of hydrogen-bond donors (Lipinski definition) is 0. The van der Waals surface area contributed by atoms with Crippen molar-refractivity contribution in [3.8, 4) is 0 Å². The Labute approximate surface area is 289 Å². The van der Waals surface area contributed by atoms with Gasteiger partial charge in [-0.1, -0.05) is 0 Å². The number of halogens is 15. The summed E-state index contributed by atoms with van der Waals surface area (Å²) in [5.41, 5.74) is -10.8. The van der Waals surface area contributed by atoms with Gasteiger partial charge in [0.25, 0.3) is 0 Å². The van der Waals surface area contributed by atoms with Crippen molar-refractivity contribution in [2.45, 2.75) is 0 Å². The molecule has 3 aliphatic rings. The molecule has 274 valence electrons. The minimum absolute atomic E-state index is 0.594. The molecule has 4 nitrogen and oxygen atoms in total. The van der Waals surface area contributed by atoms with Crippen molar-refractivity contribution in [2.75, 3.05) is 7.11 Å². The second kappa shape index (κ2) is 11.8. The van der Waals surface area contributed by atoms with Crippen LogP contribution in [0.1, 0.15) is 28.1 Å². The summed E-state index contributed by atoms with van der Waals surface area (Å²) in [6.45, 7) is 0. The Morgan fingerprint density at radius 2 is 0.778 bits per heavy atom. The van der Waals surface area contributed by atoms with Crippen LogP contribution >= 0.6 is 0 Å². The quantitative estimate of drug-likeness (QED) is 0.0844. The summed E-state index contributed by atoms with van der Waals surface area (Å²) in [4.78, 5) is 4.06. The molecular formula is C34H9BF15N3O. The van der Waals surface area contributed by atoms with Gasteiger partial charge in [-0.05, 0) is 36.4 Å². The van der Waals surface area contributed by atoms with Crippen molar-refractivity contribution < 1.29 is 70.5 Å². The highest BCUT2D eigenvalue weighted by Gasteiger charge is 2.42. The topological polar surface area (TPSA) is 31.4 Å². The highest BCUT2D eigenvalue weighted by Crippen LogP contribution is 2.42. The van der Waals surface area contributed by atoms with E-state index in [-0.39, 0.29) is 0 Å². The van der Waals surface area contributed by atoms with Crippen LogP contribution in [0.25, 0.3) is 16.7 Å². The minimum Gasteiger partial charge on any atom is -0.400 e. The van der Waals surface area contributed by atoms with E-state index in [1.165, 1.54) is 0 Å². The summed E-state index contributed by atoms with van der Waals surface area (Å²) < 4.78 is 232. The number of aromatic nitrogens is 2. The molecule has 3 aliphatic heterocycles. The first-order valence-corrected chi connectivity index (χ1v) is 14.8. The molecule has 0 saturated carbocycles. The van der Waals surface area contributed by atoms with Crippen LogP contribution < -0.4 is 10.7 Å². The predicted octanol–water partition coefficient (Wildman–Crippen LogP) is 6.95. The van der Waals surface area contributed by atoms with Crippen LogP contribution in [0.15, 0.2) is 47.1 Å². The highest BCUT2D eigenvalue weighted by atomic mass is 19.2. The molecule has 0 atom stereocenters. The molecule has 0 radical (unpaired) electrons. The number of nitrogens with zero attached hydrogens (tertiary/aromatic N) is 3. The van der Waals surface area contributed by atoms with Crippen LogP contribution in [0.4, 0.5) is 65.9 Å². The van der Waals surface area contributed by atoms with Crippen molar-refractivity contribution in [2.24, 2.45) is 4.99 Å². The molecule has 20 heteroatoms. The van der Waals surface area contributed by atoms with Gasteiger partial charge in [-0.25, -0.2) is 70.8 Å². The fourth-order valence-corrected chi connectivity index (χ4v) is 6.79. The van der Waals surface area contributed by atoms with Crippen molar-refractivity contribution in [3.63, 3.8) is 0 Å². The van der Waals surface area contributed by atoms with E-state index in [4.69, 9.17) is 4.65 Å². The largest absolute Gasteiger partial charge is 0.557 e. The second-order valence-corrected chi connectivity index (χ2v) is 11.7. The normalized spacial score (nSPS) is 14.6. The highest BCUT2D eigenvalue weighted by molar-refractivity contribution is 6.50. The summed E-state index contributed by atoms with van der Waals surface area (Å²) in [6.07, 6.45) is 1.64. The number of aliphatic imine (C=N–C) groups is 1. The van der Waals surface area contributed by atoms with E-state index >= 15 is 26.3 Å². The summed E-state index contributed by atoms with van der Waals surface area (Å²) in [5, 5.41) is -1.24. The lowest BCUT2D eigenvalue weighted by Crippen LogP contribution is -2.53.